The molecule has 0 unspecified atom stereocenters. The van der Waals surface area contributed by atoms with E-state index in [4.69, 9.17) is 0 Å². The third-order valence-electron chi connectivity index (χ3n) is 3.16. The van der Waals surface area contributed by atoms with E-state index < -0.39 is 0 Å². The van der Waals surface area contributed by atoms with Gasteiger partial charge in [-0.2, -0.15) is 11.8 Å². The van der Waals surface area contributed by atoms with E-state index in [1.807, 2.05) is 0 Å². The zero-order valence-electron chi connectivity index (χ0n) is 10.9. The minimum atomic E-state index is 0. The zero-order chi connectivity index (χ0) is 11.8. The molecule has 0 nitrogen and oxygen atoms in total. The quantitative estimate of drug-likeness (QED) is 0.723. The topological polar surface area (TPSA) is 0 Å². The third kappa shape index (κ3) is 6.53. The number of benzene rings is 1. The molecule has 0 bridgehead atoms. The van der Waals surface area contributed by atoms with Crippen molar-refractivity contribution in [2.45, 2.75) is 31.4 Å². The second-order valence-electron chi connectivity index (χ2n) is 4.68. The summed E-state index contributed by atoms with van der Waals surface area (Å²) < 4.78 is 0. The lowest BCUT2D eigenvalue weighted by Gasteiger charge is -1.99. The molecule has 0 radical (unpaired) electrons. The van der Waals surface area contributed by atoms with E-state index in [0.717, 1.165) is 10.9 Å². The van der Waals surface area contributed by atoms with Crippen LogP contribution in [0, 0.1) is 0 Å². The van der Waals surface area contributed by atoms with Gasteiger partial charge in [-0.3, -0.25) is 0 Å². The van der Waals surface area contributed by atoms with Gasteiger partial charge in [0.15, 0.2) is 0 Å². The van der Waals surface area contributed by atoms with Crippen molar-refractivity contribution < 1.29 is 17.0 Å². The molecular weight excluding hydrogens is 324 g/mol. The van der Waals surface area contributed by atoms with E-state index in [-0.39, 0.29) is 17.0 Å². The first kappa shape index (κ1) is 16.5. The van der Waals surface area contributed by atoms with Crippen LogP contribution in [0.2, 0.25) is 0 Å². The van der Waals surface area contributed by atoms with Crippen LogP contribution in [-0.2, 0) is 16.6 Å². The van der Waals surface area contributed by atoms with Gasteiger partial charge in [-0.05, 0) is 48.1 Å². The van der Waals surface area contributed by atoms with E-state index in [1.165, 1.54) is 60.0 Å². The first-order chi connectivity index (χ1) is 8.45. The van der Waals surface area contributed by atoms with Gasteiger partial charge in [0.25, 0.3) is 0 Å². The van der Waals surface area contributed by atoms with Gasteiger partial charge in [0.1, 0.15) is 17.3 Å². The normalized spacial score (nSPS) is 18.9. The first-order valence-corrected chi connectivity index (χ1v) is 9.59. The molecule has 2 aliphatic heterocycles. The van der Waals surface area contributed by atoms with Crippen LogP contribution in [0.4, 0.5) is 0 Å². The maximum Gasteiger partial charge on any atom is 0.133 e. The van der Waals surface area contributed by atoms with Gasteiger partial charge < -0.3 is 17.0 Å². The number of halogens is 1. The monoisotopic (exact) mass is 346 g/mol. The van der Waals surface area contributed by atoms with Crippen LogP contribution in [0.5, 0.6) is 0 Å². The summed E-state index contributed by atoms with van der Waals surface area (Å²) in [5, 5.41) is 0. The van der Waals surface area contributed by atoms with Crippen LogP contribution in [0.15, 0.2) is 30.3 Å². The maximum absolute atomic E-state index is 2.26. The summed E-state index contributed by atoms with van der Waals surface area (Å²) in [5.41, 5.74) is 1.53. The predicted octanol–water partition coefficient (Wildman–Crippen LogP) is 1.12. The Bertz CT molecular complexity index is 285. The minimum absolute atomic E-state index is 0. The van der Waals surface area contributed by atoms with Crippen LogP contribution >= 0.6 is 11.8 Å². The summed E-state index contributed by atoms with van der Waals surface area (Å²) in [6, 6.07) is 10.9. The Hall–Kier alpha value is 0.400. The van der Waals surface area contributed by atoms with Gasteiger partial charge in [-0.1, -0.05) is 30.3 Å². The Morgan fingerprint density at radius 3 is 2.00 bits per heavy atom. The van der Waals surface area contributed by atoms with E-state index in [1.54, 1.807) is 0 Å². The molecule has 1 aromatic carbocycles. The van der Waals surface area contributed by atoms with Crippen molar-refractivity contribution in [2.24, 2.45) is 0 Å². The molecule has 0 aliphatic carbocycles. The highest BCUT2D eigenvalue weighted by Crippen LogP contribution is 2.18. The van der Waals surface area contributed by atoms with Gasteiger partial charge in [0.05, 0.1) is 0 Å². The molecule has 1 aromatic rings. The van der Waals surface area contributed by atoms with Gasteiger partial charge in [0, 0.05) is 5.56 Å². The molecular formula is C15H23BrS2. The van der Waals surface area contributed by atoms with E-state index in [9.17, 15) is 0 Å². The zero-order valence-corrected chi connectivity index (χ0v) is 14.2. The van der Waals surface area contributed by atoms with Gasteiger partial charge in [-0.15, -0.1) is 0 Å². The summed E-state index contributed by atoms with van der Waals surface area (Å²) in [7, 11) is 0.722. The summed E-state index contributed by atoms with van der Waals surface area (Å²) in [4.78, 5) is 0. The fraction of sp³-hybridized carbons (Fsp3) is 0.600. The molecule has 2 aliphatic rings. The summed E-state index contributed by atoms with van der Waals surface area (Å²) in [6.07, 6.45) is 5.86. The molecule has 0 atom stereocenters. The lowest BCUT2D eigenvalue weighted by Crippen LogP contribution is -3.00. The highest BCUT2D eigenvalue weighted by atomic mass is 79.9. The Kier molecular flexibility index (Phi) is 9.34. The van der Waals surface area contributed by atoms with Crippen molar-refractivity contribution in [3.63, 3.8) is 0 Å². The van der Waals surface area contributed by atoms with Crippen molar-refractivity contribution in [1.82, 2.24) is 0 Å². The van der Waals surface area contributed by atoms with E-state index >= 15 is 0 Å². The molecule has 2 saturated heterocycles. The first-order valence-electron chi connectivity index (χ1n) is 6.71. The average molecular weight is 347 g/mol. The smallest absolute Gasteiger partial charge is 0.133 e. The summed E-state index contributed by atoms with van der Waals surface area (Å²) >= 11 is 2.07. The number of thioether (sulfide) groups is 1. The molecule has 2 heterocycles. The fourth-order valence-corrected chi connectivity index (χ4v) is 5.58. The van der Waals surface area contributed by atoms with Crippen molar-refractivity contribution in [1.29, 1.82) is 0 Å². The Balaban J connectivity index is 0.000000230. The average Bonchev–Trinajstić information content (AvgIpc) is 3.06. The largest absolute Gasteiger partial charge is 1.00 e. The third-order valence-corrected chi connectivity index (χ3v) is 6.79. The highest BCUT2D eigenvalue weighted by Gasteiger charge is 2.23. The van der Waals surface area contributed by atoms with Crippen molar-refractivity contribution in [3.8, 4) is 0 Å². The lowest BCUT2D eigenvalue weighted by atomic mass is 10.2. The highest BCUT2D eigenvalue weighted by molar-refractivity contribution is 7.99. The second kappa shape index (κ2) is 10.2. The van der Waals surface area contributed by atoms with E-state index in [2.05, 4.69) is 42.1 Å². The second-order valence-corrected chi connectivity index (χ2v) is 8.23. The molecule has 0 amide bonds. The standard InChI is InChI=1S/C11H15S.C4H8S.BrH/c1-2-6-11(7-3-1)10-12-8-4-5-9-12;1-2-4-5-3-1;/h1-3,6-7H,4-5,8-10H2;1-4H2;1H/q+1;;/p-1. The minimum Gasteiger partial charge on any atom is -1.00 e. The van der Waals surface area contributed by atoms with Gasteiger partial charge in [0.2, 0.25) is 0 Å². The van der Waals surface area contributed by atoms with E-state index in [0.29, 0.717) is 0 Å². The molecule has 0 aromatic heterocycles. The molecule has 102 valence electrons. The summed E-state index contributed by atoms with van der Waals surface area (Å²) in [6.45, 7) is 0. The van der Waals surface area contributed by atoms with Crippen molar-refractivity contribution >= 4 is 22.7 Å². The van der Waals surface area contributed by atoms with Crippen LogP contribution in [0.3, 0.4) is 0 Å². The van der Waals surface area contributed by atoms with Crippen LogP contribution in [0.25, 0.3) is 0 Å². The van der Waals surface area contributed by atoms with Gasteiger partial charge in [-0.25, -0.2) is 0 Å². The van der Waals surface area contributed by atoms with Crippen LogP contribution in [-0.4, -0.2) is 23.0 Å². The Labute approximate surface area is 129 Å². The van der Waals surface area contributed by atoms with Crippen molar-refractivity contribution in [2.75, 3.05) is 23.0 Å². The molecule has 0 spiro atoms. The molecule has 0 N–H and O–H groups in total. The van der Waals surface area contributed by atoms with Crippen LogP contribution < -0.4 is 17.0 Å². The fourth-order valence-electron chi connectivity index (χ4n) is 2.18. The number of hydrogen-bond acceptors (Lipinski definition) is 1. The van der Waals surface area contributed by atoms with Gasteiger partial charge >= 0.3 is 0 Å². The molecule has 2 fully saturated rings. The number of hydrogen-bond donors (Lipinski definition) is 0. The van der Waals surface area contributed by atoms with Crippen LogP contribution in [0.1, 0.15) is 31.2 Å². The molecule has 18 heavy (non-hydrogen) atoms. The van der Waals surface area contributed by atoms with Crippen molar-refractivity contribution in [3.05, 3.63) is 35.9 Å². The molecule has 3 heteroatoms. The molecule has 0 saturated carbocycles. The Morgan fingerprint density at radius 1 is 0.889 bits per heavy atom. The SMILES string of the molecule is C1CCSC1.[Br-].c1ccc(C[S+]2CCCC2)cc1. The lowest BCUT2D eigenvalue weighted by molar-refractivity contribution is -0.00000349. The maximum atomic E-state index is 2.26. The molecule has 3 rings (SSSR count). The Morgan fingerprint density at radius 2 is 1.50 bits per heavy atom. The number of rotatable bonds is 2. The predicted molar refractivity (Wildman–Crippen MR) is 83.0 cm³/mol. The summed E-state index contributed by atoms with van der Waals surface area (Å²) in [5.74, 6) is 7.13.